The van der Waals surface area contributed by atoms with Gasteiger partial charge in [0.2, 0.25) is 0 Å². The maximum absolute atomic E-state index is 5.84. The van der Waals surface area contributed by atoms with E-state index >= 15 is 0 Å². The predicted octanol–water partition coefficient (Wildman–Crippen LogP) is 4.46. The molecule has 2 aromatic rings. The van der Waals surface area contributed by atoms with Crippen molar-refractivity contribution in [2.75, 3.05) is 0 Å². The third kappa shape index (κ3) is 2.70. The van der Waals surface area contributed by atoms with Crippen LogP contribution in [0.2, 0.25) is 0 Å². The van der Waals surface area contributed by atoms with E-state index in [1.807, 2.05) is 0 Å². The number of benzene rings is 2. The summed E-state index contributed by atoms with van der Waals surface area (Å²) in [6, 6.07) is 19.5. The van der Waals surface area contributed by atoms with Gasteiger partial charge >= 0.3 is 0 Å². The maximum Gasteiger partial charge on any atom is 0.00404 e. The van der Waals surface area contributed by atoms with Gasteiger partial charge < -0.3 is 5.73 Å². The van der Waals surface area contributed by atoms with E-state index in [2.05, 4.69) is 60.7 Å². The second-order valence-electron chi connectivity index (χ2n) is 5.24. The quantitative estimate of drug-likeness (QED) is 0.835. The maximum atomic E-state index is 5.84. The van der Waals surface area contributed by atoms with Crippen molar-refractivity contribution in [3.8, 4) is 11.1 Å². The van der Waals surface area contributed by atoms with Crippen LogP contribution in [-0.4, -0.2) is 0 Å². The predicted molar refractivity (Wildman–Crippen MR) is 80.7 cm³/mol. The largest absolute Gasteiger partial charge is 0.402 e. The Morgan fingerprint density at radius 1 is 0.842 bits per heavy atom. The van der Waals surface area contributed by atoms with Crippen molar-refractivity contribution in [2.45, 2.75) is 25.2 Å². The molecule has 0 heterocycles. The Morgan fingerprint density at radius 3 is 2.16 bits per heavy atom. The SMILES string of the molecule is NC1=CCC(c2ccc(-c3ccccc3)cc2)CC1. The summed E-state index contributed by atoms with van der Waals surface area (Å²) in [6.45, 7) is 0. The van der Waals surface area contributed by atoms with Crippen molar-refractivity contribution in [1.29, 1.82) is 0 Å². The molecule has 2 N–H and O–H groups in total. The first-order chi connectivity index (χ1) is 9.33. The summed E-state index contributed by atoms with van der Waals surface area (Å²) in [6.07, 6.45) is 5.47. The zero-order chi connectivity index (χ0) is 13.1. The van der Waals surface area contributed by atoms with Gasteiger partial charge in [-0.1, -0.05) is 60.7 Å². The van der Waals surface area contributed by atoms with Gasteiger partial charge in [-0.15, -0.1) is 0 Å². The summed E-state index contributed by atoms with van der Waals surface area (Å²) < 4.78 is 0. The lowest BCUT2D eigenvalue weighted by atomic mass is 9.86. The third-order valence-electron chi connectivity index (χ3n) is 3.94. The van der Waals surface area contributed by atoms with Gasteiger partial charge in [0.1, 0.15) is 0 Å². The molecule has 0 radical (unpaired) electrons. The standard InChI is InChI=1S/C18H19N/c19-18-12-10-17(11-13-18)16-8-6-15(7-9-16)14-4-2-1-3-5-14/h1-9,12,17H,10-11,13,19H2. The van der Waals surface area contributed by atoms with Gasteiger partial charge in [-0.2, -0.15) is 0 Å². The molecule has 19 heavy (non-hydrogen) atoms. The Balaban J connectivity index is 1.80. The molecule has 0 fully saturated rings. The van der Waals surface area contributed by atoms with Crippen molar-refractivity contribution in [2.24, 2.45) is 5.73 Å². The van der Waals surface area contributed by atoms with Crippen molar-refractivity contribution in [3.05, 3.63) is 71.9 Å². The molecular formula is C18H19N. The lowest BCUT2D eigenvalue weighted by Crippen LogP contribution is -2.08. The van der Waals surface area contributed by atoms with Crippen LogP contribution in [0.25, 0.3) is 11.1 Å². The third-order valence-corrected chi connectivity index (χ3v) is 3.94. The smallest absolute Gasteiger partial charge is 0.00404 e. The molecule has 0 spiro atoms. The summed E-state index contributed by atoms with van der Waals surface area (Å²) in [5, 5.41) is 0. The topological polar surface area (TPSA) is 26.0 Å². The van der Waals surface area contributed by atoms with E-state index in [0.717, 1.165) is 18.5 Å². The van der Waals surface area contributed by atoms with E-state index in [1.54, 1.807) is 0 Å². The van der Waals surface area contributed by atoms with Crippen molar-refractivity contribution >= 4 is 0 Å². The lowest BCUT2D eigenvalue weighted by Gasteiger charge is -2.20. The molecule has 1 aliphatic carbocycles. The fraction of sp³-hybridized carbons (Fsp3) is 0.222. The lowest BCUT2D eigenvalue weighted by molar-refractivity contribution is 0.596. The monoisotopic (exact) mass is 249 g/mol. The Hall–Kier alpha value is -2.02. The molecule has 1 nitrogen and oxygen atoms in total. The van der Waals surface area contributed by atoms with Crippen LogP contribution in [0.5, 0.6) is 0 Å². The van der Waals surface area contributed by atoms with Crippen molar-refractivity contribution < 1.29 is 0 Å². The van der Waals surface area contributed by atoms with Gasteiger partial charge in [-0.05, 0) is 41.9 Å². The molecule has 0 bridgehead atoms. The van der Waals surface area contributed by atoms with Crippen molar-refractivity contribution in [1.82, 2.24) is 0 Å². The highest BCUT2D eigenvalue weighted by molar-refractivity contribution is 5.63. The molecular weight excluding hydrogens is 230 g/mol. The number of allylic oxidation sites excluding steroid dienone is 2. The zero-order valence-corrected chi connectivity index (χ0v) is 11.0. The molecule has 1 aliphatic rings. The first-order valence-corrected chi connectivity index (χ1v) is 6.93. The Bertz CT molecular complexity index is 566. The summed E-state index contributed by atoms with van der Waals surface area (Å²) in [5.41, 5.74) is 10.9. The Morgan fingerprint density at radius 2 is 1.53 bits per heavy atom. The highest BCUT2D eigenvalue weighted by Gasteiger charge is 2.14. The first-order valence-electron chi connectivity index (χ1n) is 6.93. The van der Waals surface area contributed by atoms with Crippen molar-refractivity contribution in [3.63, 3.8) is 0 Å². The van der Waals surface area contributed by atoms with E-state index in [-0.39, 0.29) is 0 Å². The van der Waals surface area contributed by atoms with E-state index in [0.29, 0.717) is 5.92 Å². The van der Waals surface area contributed by atoms with Crippen LogP contribution in [-0.2, 0) is 0 Å². The molecule has 0 aromatic heterocycles. The van der Waals surface area contributed by atoms with E-state index in [9.17, 15) is 0 Å². The number of nitrogens with two attached hydrogens (primary N) is 1. The molecule has 1 heteroatoms. The summed E-state index contributed by atoms with van der Waals surface area (Å²) in [5.74, 6) is 0.636. The average Bonchev–Trinajstić information content (AvgIpc) is 2.49. The molecule has 1 unspecified atom stereocenters. The normalized spacial score (nSPS) is 18.9. The second kappa shape index (κ2) is 5.31. The highest BCUT2D eigenvalue weighted by atomic mass is 14.6. The van der Waals surface area contributed by atoms with Crippen LogP contribution in [0.15, 0.2) is 66.4 Å². The summed E-state index contributed by atoms with van der Waals surface area (Å²) in [4.78, 5) is 0. The summed E-state index contributed by atoms with van der Waals surface area (Å²) in [7, 11) is 0. The number of hydrogen-bond donors (Lipinski definition) is 1. The van der Waals surface area contributed by atoms with E-state index < -0.39 is 0 Å². The molecule has 0 saturated heterocycles. The fourth-order valence-corrected chi connectivity index (χ4v) is 2.74. The van der Waals surface area contributed by atoms with Crippen LogP contribution in [0.3, 0.4) is 0 Å². The molecule has 2 aromatic carbocycles. The Labute approximate surface area is 114 Å². The van der Waals surface area contributed by atoms with Gasteiger partial charge in [0.15, 0.2) is 0 Å². The van der Waals surface area contributed by atoms with Crippen LogP contribution < -0.4 is 5.73 Å². The molecule has 3 rings (SSSR count). The van der Waals surface area contributed by atoms with Gasteiger partial charge in [-0.3, -0.25) is 0 Å². The summed E-state index contributed by atoms with van der Waals surface area (Å²) >= 11 is 0. The van der Waals surface area contributed by atoms with Crippen LogP contribution in [0.4, 0.5) is 0 Å². The highest BCUT2D eigenvalue weighted by Crippen LogP contribution is 2.31. The van der Waals surface area contributed by atoms with E-state index in [1.165, 1.54) is 23.1 Å². The Kier molecular flexibility index (Phi) is 3.37. The van der Waals surface area contributed by atoms with Gasteiger partial charge in [0.05, 0.1) is 0 Å². The molecule has 1 atom stereocenters. The van der Waals surface area contributed by atoms with Crippen LogP contribution in [0, 0.1) is 0 Å². The fourth-order valence-electron chi connectivity index (χ4n) is 2.74. The minimum absolute atomic E-state index is 0.636. The second-order valence-corrected chi connectivity index (χ2v) is 5.24. The molecule has 0 amide bonds. The molecule has 96 valence electrons. The minimum atomic E-state index is 0.636. The van der Waals surface area contributed by atoms with E-state index in [4.69, 9.17) is 5.73 Å². The minimum Gasteiger partial charge on any atom is -0.402 e. The number of hydrogen-bond acceptors (Lipinski definition) is 1. The average molecular weight is 249 g/mol. The van der Waals surface area contributed by atoms with Gasteiger partial charge in [-0.25, -0.2) is 0 Å². The first kappa shape index (κ1) is 12.0. The van der Waals surface area contributed by atoms with Gasteiger partial charge in [0.25, 0.3) is 0 Å². The van der Waals surface area contributed by atoms with Gasteiger partial charge in [0, 0.05) is 5.70 Å². The molecule has 0 saturated carbocycles. The molecule has 0 aliphatic heterocycles. The number of rotatable bonds is 2. The van der Waals surface area contributed by atoms with Crippen LogP contribution >= 0.6 is 0 Å². The van der Waals surface area contributed by atoms with Crippen LogP contribution in [0.1, 0.15) is 30.7 Å². The zero-order valence-electron chi connectivity index (χ0n) is 11.0.